The molecule has 0 saturated heterocycles. The van der Waals surface area contributed by atoms with E-state index in [-0.39, 0.29) is 0 Å². The fourth-order valence-electron chi connectivity index (χ4n) is 2.72. The number of ether oxygens (including phenoxy) is 2. The minimum atomic E-state index is -0.642. The molecule has 0 atom stereocenters. The number of nitrogens with zero attached hydrogens (tertiary/aromatic N) is 1. The van der Waals surface area contributed by atoms with Crippen molar-refractivity contribution in [2.24, 2.45) is 0 Å². The third kappa shape index (κ3) is 4.22. The Balaban J connectivity index is 2.05. The molecule has 0 saturated carbocycles. The SMILES string of the molecule is CC(C)(C)OC(=O)n1cc(C=O)c2c(OCc3ccccc3)c(Br)ccc21. The van der Waals surface area contributed by atoms with E-state index >= 15 is 0 Å². The number of hydrogen-bond acceptors (Lipinski definition) is 4. The second-order valence-corrected chi connectivity index (χ2v) is 7.95. The molecule has 0 unspecified atom stereocenters. The normalized spacial score (nSPS) is 11.4. The van der Waals surface area contributed by atoms with Crippen LogP contribution in [0.1, 0.15) is 36.7 Å². The third-order valence-corrected chi connectivity index (χ3v) is 4.47. The number of halogens is 1. The van der Waals surface area contributed by atoms with Gasteiger partial charge in [-0.1, -0.05) is 30.3 Å². The molecule has 0 amide bonds. The second-order valence-electron chi connectivity index (χ2n) is 7.10. The van der Waals surface area contributed by atoms with Crippen LogP contribution in [0.15, 0.2) is 53.1 Å². The van der Waals surface area contributed by atoms with Crippen LogP contribution in [0.2, 0.25) is 0 Å². The van der Waals surface area contributed by atoms with Gasteiger partial charge in [-0.05, 0) is 54.4 Å². The summed E-state index contributed by atoms with van der Waals surface area (Å²) in [5, 5.41) is 0.571. The van der Waals surface area contributed by atoms with Crippen molar-refractivity contribution in [3.05, 3.63) is 64.3 Å². The van der Waals surface area contributed by atoms with Crippen LogP contribution in [0.3, 0.4) is 0 Å². The number of aldehydes is 1. The number of fused-ring (bicyclic) bond motifs is 1. The van der Waals surface area contributed by atoms with E-state index in [1.807, 2.05) is 30.3 Å². The summed E-state index contributed by atoms with van der Waals surface area (Å²) in [6.07, 6.45) is 1.65. The van der Waals surface area contributed by atoms with Crippen molar-refractivity contribution in [2.45, 2.75) is 33.0 Å². The van der Waals surface area contributed by atoms with E-state index in [0.29, 0.717) is 39.6 Å². The van der Waals surface area contributed by atoms with Gasteiger partial charge >= 0.3 is 6.09 Å². The summed E-state index contributed by atoms with van der Waals surface area (Å²) in [4.78, 5) is 24.2. The molecule has 2 aromatic carbocycles. The first-order chi connectivity index (χ1) is 12.8. The average molecular weight is 430 g/mol. The lowest BCUT2D eigenvalue weighted by atomic mass is 10.1. The number of rotatable bonds is 4. The highest BCUT2D eigenvalue weighted by Gasteiger charge is 2.23. The molecule has 1 aromatic heterocycles. The Hall–Kier alpha value is -2.60. The van der Waals surface area contributed by atoms with Crippen LogP contribution in [0.25, 0.3) is 10.9 Å². The molecule has 3 rings (SSSR count). The van der Waals surface area contributed by atoms with Crippen LogP contribution in [0.4, 0.5) is 4.79 Å². The van der Waals surface area contributed by atoms with Gasteiger partial charge in [0, 0.05) is 11.8 Å². The monoisotopic (exact) mass is 429 g/mol. The number of carbonyl (C=O) groups excluding carboxylic acids is 2. The Morgan fingerprint density at radius 2 is 1.85 bits per heavy atom. The standard InChI is InChI=1S/C21H20BrNO4/c1-21(2,3)27-20(25)23-11-15(12-24)18-17(23)10-9-16(22)19(18)26-13-14-7-5-4-6-8-14/h4-12H,13H2,1-3H3. The van der Waals surface area contributed by atoms with Crippen LogP contribution in [-0.4, -0.2) is 22.5 Å². The van der Waals surface area contributed by atoms with Crippen LogP contribution in [0, 0.1) is 0 Å². The second kappa shape index (κ2) is 7.56. The molecule has 0 N–H and O–H groups in total. The maximum atomic E-state index is 12.6. The predicted octanol–water partition coefficient (Wildman–Crippen LogP) is 5.58. The van der Waals surface area contributed by atoms with Crippen molar-refractivity contribution in [1.82, 2.24) is 4.57 Å². The number of aromatic nitrogens is 1. The Labute approximate surface area is 166 Å². The first-order valence-corrected chi connectivity index (χ1v) is 9.28. The van der Waals surface area contributed by atoms with E-state index in [4.69, 9.17) is 9.47 Å². The van der Waals surface area contributed by atoms with Gasteiger partial charge in [-0.3, -0.25) is 9.36 Å². The molecule has 0 spiro atoms. The van der Waals surface area contributed by atoms with E-state index in [2.05, 4.69) is 15.9 Å². The molecule has 1 heterocycles. The van der Waals surface area contributed by atoms with Crippen molar-refractivity contribution in [1.29, 1.82) is 0 Å². The van der Waals surface area contributed by atoms with E-state index in [0.717, 1.165) is 5.56 Å². The topological polar surface area (TPSA) is 57.5 Å². The Bertz CT molecular complexity index is 987. The van der Waals surface area contributed by atoms with E-state index in [1.54, 1.807) is 32.9 Å². The summed E-state index contributed by atoms with van der Waals surface area (Å²) in [6.45, 7) is 5.72. The summed E-state index contributed by atoms with van der Waals surface area (Å²) < 4.78 is 13.5. The van der Waals surface area contributed by atoms with Gasteiger partial charge < -0.3 is 9.47 Å². The first kappa shape index (κ1) is 19.2. The minimum Gasteiger partial charge on any atom is -0.487 e. The van der Waals surface area contributed by atoms with Gasteiger partial charge in [0.2, 0.25) is 0 Å². The van der Waals surface area contributed by atoms with E-state index in [9.17, 15) is 9.59 Å². The van der Waals surface area contributed by atoms with Crippen molar-refractivity contribution >= 4 is 39.2 Å². The quantitative estimate of drug-likeness (QED) is 0.508. The molecule has 0 fully saturated rings. The largest absolute Gasteiger partial charge is 0.487 e. The molecule has 0 radical (unpaired) electrons. The zero-order valence-electron chi connectivity index (χ0n) is 15.4. The Morgan fingerprint density at radius 1 is 1.15 bits per heavy atom. The Kier molecular flexibility index (Phi) is 5.37. The number of benzene rings is 2. The highest BCUT2D eigenvalue weighted by molar-refractivity contribution is 9.10. The molecule has 0 aliphatic carbocycles. The zero-order chi connectivity index (χ0) is 19.6. The van der Waals surface area contributed by atoms with Crippen molar-refractivity contribution < 1.29 is 19.1 Å². The zero-order valence-corrected chi connectivity index (χ0v) is 16.9. The summed E-state index contributed by atoms with van der Waals surface area (Å²) >= 11 is 3.48. The molecular formula is C21H20BrNO4. The summed E-state index contributed by atoms with van der Waals surface area (Å²) in [5.41, 5.74) is 1.27. The van der Waals surface area contributed by atoms with Gasteiger partial charge in [-0.15, -0.1) is 0 Å². The fraction of sp³-hybridized carbons (Fsp3) is 0.238. The van der Waals surface area contributed by atoms with Crippen LogP contribution in [0.5, 0.6) is 5.75 Å². The van der Waals surface area contributed by atoms with E-state index in [1.165, 1.54) is 10.8 Å². The van der Waals surface area contributed by atoms with Crippen molar-refractivity contribution in [3.63, 3.8) is 0 Å². The van der Waals surface area contributed by atoms with Crippen molar-refractivity contribution in [3.8, 4) is 5.75 Å². The molecule has 27 heavy (non-hydrogen) atoms. The van der Waals surface area contributed by atoms with Gasteiger partial charge in [0.25, 0.3) is 0 Å². The van der Waals surface area contributed by atoms with Gasteiger partial charge in [-0.25, -0.2) is 4.79 Å². The van der Waals surface area contributed by atoms with Crippen LogP contribution < -0.4 is 4.74 Å². The maximum Gasteiger partial charge on any atom is 0.419 e. The van der Waals surface area contributed by atoms with Gasteiger partial charge in [0.15, 0.2) is 6.29 Å². The molecule has 140 valence electrons. The molecule has 0 aliphatic rings. The molecular weight excluding hydrogens is 410 g/mol. The fourth-order valence-corrected chi connectivity index (χ4v) is 3.17. The van der Waals surface area contributed by atoms with E-state index < -0.39 is 11.7 Å². The van der Waals surface area contributed by atoms with Crippen LogP contribution in [-0.2, 0) is 11.3 Å². The number of hydrogen-bond donors (Lipinski definition) is 0. The molecule has 0 bridgehead atoms. The summed E-state index contributed by atoms with van der Waals surface area (Å²) in [7, 11) is 0. The Morgan fingerprint density at radius 3 is 2.48 bits per heavy atom. The lowest BCUT2D eigenvalue weighted by Crippen LogP contribution is -2.26. The highest BCUT2D eigenvalue weighted by Crippen LogP contribution is 2.37. The average Bonchev–Trinajstić information content (AvgIpc) is 2.99. The van der Waals surface area contributed by atoms with Gasteiger partial charge in [0.1, 0.15) is 18.0 Å². The summed E-state index contributed by atoms with van der Waals surface area (Å²) in [6, 6.07) is 13.3. The smallest absolute Gasteiger partial charge is 0.419 e. The molecule has 6 heteroatoms. The van der Waals surface area contributed by atoms with Gasteiger partial charge in [0.05, 0.1) is 15.4 Å². The molecule has 5 nitrogen and oxygen atoms in total. The molecule has 3 aromatic rings. The third-order valence-electron chi connectivity index (χ3n) is 3.85. The van der Waals surface area contributed by atoms with Crippen molar-refractivity contribution in [2.75, 3.05) is 0 Å². The lowest BCUT2D eigenvalue weighted by molar-refractivity contribution is 0.0544. The number of carbonyl (C=O) groups is 2. The minimum absolute atomic E-state index is 0.342. The molecule has 0 aliphatic heterocycles. The van der Waals surface area contributed by atoms with Crippen LogP contribution >= 0.6 is 15.9 Å². The van der Waals surface area contributed by atoms with Gasteiger partial charge in [-0.2, -0.15) is 0 Å². The predicted molar refractivity (Wildman–Crippen MR) is 107 cm³/mol. The highest BCUT2D eigenvalue weighted by atomic mass is 79.9. The first-order valence-electron chi connectivity index (χ1n) is 8.49. The lowest BCUT2D eigenvalue weighted by Gasteiger charge is -2.19. The summed E-state index contributed by atoms with van der Waals surface area (Å²) in [5.74, 6) is 0.515. The maximum absolute atomic E-state index is 12.6.